The Bertz CT molecular complexity index is 523. The van der Waals surface area contributed by atoms with Crippen LogP contribution in [0.25, 0.3) is 0 Å². The van der Waals surface area contributed by atoms with Gasteiger partial charge in [0, 0.05) is 5.56 Å². The van der Waals surface area contributed by atoms with Crippen molar-refractivity contribution >= 4 is 46.1 Å². The second kappa shape index (κ2) is 7.39. The summed E-state index contributed by atoms with van der Waals surface area (Å²) in [5.41, 5.74) is 17.7. The third kappa shape index (κ3) is 5.40. The molecule has 6 nitrogen and oxygen atoms in total. The Labute approximate surface area is 121 Å². The van der Waals surface area contributed by atoms with E-state index in [-0.39, 0.29) is 10.2 Å². The maximum absolute atomic E-state index is 5.36. The predicted octanol–water partition coefficient (Wildman–Crippen LogP) is 0.433. The fourth-order valence-electron chi connectivity index (χ4n) is 1.25. The zero-order valence-corrected chi connectivity index (χ0v) is 11.9. The standard InChI is InChI=1S/C11H14N6S2/c1-7(14-16-10(12)18)9(15-17-11(13)19)8-5-3-2-4-6-8/h2-6H,1H3,(H3,12,16,18)(H3,13,17,19)/b14-7+,15-9-. The molecule has 0 aliphatic carbocycles. The van der Waals surface area contributed by atoms with E-state index in [4.69, 9.17) is 23.7 Å². The van der Waals surface area contributed by atoms with Gasteiger partial charge in [-0.05, 0) is 31.4 Å². The van der Waals surface area contributed by atoms with Gasteiger partial charge in [0.25, 0.3) is 0 Å². The number of nitrogens with one attached hydrogen (secondary N) is 2. The normalized spacial score (nSPS) is 11.8. The molecule has 1 rings (SSSR count). The van der Waals surface area contributed by atoms with Crippen molar-refractivity contribution in [1.29, 1.82) is 0 Å². The van der Waals surface area contributed by atoms with Crippen molar-refractivity contribution in [2.45, 2.75) is 6.92 Å². The molecule has 0 aliphatic rings. The fraction of sp³-hybridized carbons (Fsp3) is 0.0909. The molecule has 1 aromatic carbocycles. The van der Waals surface area contributed by atoms with Crippen LogP contribution in [-0.2, 0) is 0 Å². The Kier molecular flexibility index (Phi) is 5.83. The van der Waals surface area contributed by atoms with E-state index in [1.807, 2.05) is 30.3 Å². The van der Waals surface area contributed by atoms with E-state index in [1.165, 1.54) is 0 Å². The van der Waals surface area contributed by atoms with Gasteiger partial charge in [-0.25, -0.2) is 0 Å². The Morgan fingerprint density at radius 1 is 1.00 bits per heavy atom. The van der Waals surface area contributed by atoms with Gasteiger partial charge in [0.2, 0.25) is 0 Å². The van der Waals surface area contributed by atoms with Crippen molar-refractivity contribution in [2.75, 3.05) is 0 Å². The molecule has 1 aromatic rings. The summed E-state index contributed by atoms with van der Waals surface area (Å²) in [4.78, 5) is 0. The number of benzene rings is 1. The number of hydrogen-bond acceptors (Lipinski definition) is 4. The number of rotatable bonds is 4. The highest BCUT2D eigenvalue weighted by atomic mass is 32.1. The topological polar surface area (TPSA) is 101 Å². The van der Waals surface area contributed by atoms with Crippen molar-refractivity contribution in [3.05, 3.63) is 35.9 Å². The highest BCUT2D eigenvalue weighted by Gasteiger charge is 2.07. The average Bonchev–Trinajstić information content (AvgIpc) is 2.37. The molecule has 0 spiro atoms. The molecule has 0 unspecified atom stereocenters. The summed E-state index contributed by atoms with van der Waals surface area (Å²) < 4.78 is 0. The quantitative estimate of drug-likeness (QED) is 0.365. The summed E-state index contributed by atoms with van der Waals surface area (Å²) in [6.45, 7) is 1.76. The second-order valence-electron chi connectivity index (χ2n) is 3.48. The van der Waals surface area contributed by atoms with Crippen LogP contribution in [0.5, 0.6) is 0 Å². The lowest BCUT2D eigenvalue weighted by Crippen LogP contribution is -2.30. The van der Waals surface area contributed by atoms with Crippen molar-refractivity contribution in [2.24, 2.45) is 21.7 Å². The Hall–Kier alpha value is -2.06. The molecule has 0 saturated carbocycles. The van der Waals surface area contributed by atoms with E-state index in [9.17, 15) is 0 Å². The Balaban J connectivity index is 3.06. The van der Waals surface area contributed by atoms with Gasteiger partial charge in [0.1, 0.15) is 5.71 Å². The van der Waals surface area contributed by atoms with Gasteiger partial charge in [-0.1, -0.05) is 30.3 Å². The van der Waals surface area contributed by atoms with Crippen LogP contribution in [0.1, 0.15) is 12.5 Å². The molecule has 100 valence electrons. The van der Waals surface area contributed by atoms with Crippen LogP contribution >= 0.6 is 24.4 Å². The summed E-state index contributed by atoms with van der Waals surface area (Å²) in [7, 11) is 0. The largest absolute Gasteiger partial charge is 0.375 e. The minimum atomic E-state index is 0.0727. The zero-order valence-electron chi connectivity index (χ0n) is 10.3. The van der Waals surface area contributed by atoms with E-state index in [0.29, 0.717) is 11.4 Å². The molecule has 0 atom stereocenters. The molecule has 0 aromatic heterocycles. The first-order chi connectivity index (χ1) is 9.00. The molecule has 0 fully saturated rings. The first kappa shape index (κ1) is 15.0. The van der Waals surface area contributed by atoms with E-state index in [1.54, 1.807) is 6.92 Å². The van der Waals surface area contributed by atoms with Crippen LogP contribution in [-0.4, -0.2) is 21.6 Å². The number of thiocarbonyl (C=S) groups is 2. The molecular weight excluding hydrogens is 280 g/mol. The highest BCUT2D eigenvalue weighted by molar-refractivity contribution is 7.80. The van der Waals surface area contributed by atoms with Gasteiger partial charge in [-0.15, -0.1) is 0 Å². The van der Waals surface area contributed by atoms with Gasteiger partial charge in [0.15, 0.2) is 10.2 Å². The van der Waals surface area contributed by atoms with Crippen LogP contribution in [0.3, 0.4) is 0 Å². The SMILES string of the molecule is CC(=N\NC(N)=S)/C(=N/NC(N)=S)c1ccccc1. The maximum atomic E-state index is 5.36. The van der Waals surface area contributed by atoms with Crippen molar-refractivity contribution in [3.63, 3.8) is 0 Å². The van der Waals surface area contributed by atoms with Gasteiger partial charge >= 0.3 is 0 Å². The monoisotopic (exact) mass is 294 g/mol. The summed E-state index contributed by atoms with van der Waals surface area (Å²) in [5, 5.41) is 8.29. The summed E-state index contributed by atoms with van der Waals surface area (Å²) in [5.74, 6) is 0. The van der Waals surface area contributed by atoms with Gasteiger partial charge in [-0.3, -0.25) is 10.9 Å². The smallest absolute Gasteiger partial charge is 0.184 e. The Morgan fingerprint density at radius 2 is 1.53 bits per heavy atom. The summed E-state index contributed by atoms with van der Waals surface area (Å²) >= 11 is 9.41. The van der Waals surface area contributed by atoms with Crippen molar-refractivity contribution in [3.8, 4) is 0 Å². The molecule has 0 bridgehead atoms. The number of nitrogens with two attached hydrogens (primary N) is 2. The third-order valence-electron chi connectivity index (χ3n) is 2.00. The molecule has 0 saturated heterocycles. The van der Waals surface area contributed by atoms with Crippen LogP contribution in [0.2, 0.25) is 0 Å². The van der Waals surface area contributed by atoms with E-state index in [0.717, 1.165) is 5.56 Å². The molecule has 8 heteroatoms. The van der Waals surface area contributed by atoms with Gasteiger partial charge in [-0.2, -0.15) is 10.2 Å². The fourth-order valence-corrected chi connectivity index (χ4v) is 1.34. The second-order valence-corrected chi connectivity index (χ2v) is 4.36. The van der Waals surface area contributed by atoms with Crippen LogP contribution < -0.4 is 22.3 Å². The lowest BCUT2D eigenvalue weighted by Gasteiger charge is -2.07. The highest BCUT2D eigenvalue weighted by Crippen LogP contribution is 2.02. The number of hydrogen-bond donors (Lipinski definition) is 4. The molecule has 0 aliphatic heterocycles. The Morgan fingerprint density at radius 3 is 2.05 bits per heavy atom. The first-order valence-corrected chi connectivity index (χ1v) is 6.11. The van der Waals surface area contributed by atoms with E-state index >= 15 is 0 Å². The van der Waals surface area contributed by atoms with E-state index in [2.05, 4.69) is 33.3 Å². The maximum Gasteiger partial charge on any atom is 0.184 e. The first-order valence-electron chi connectivity index (χ1n) is 5.29. The van der Waals surface area contributed by atoms with Gasteiger partial charge < -0.3 is 11.5 Å². The molecule has 6 N–H and O–H groups in total. The molecular formula is C11H14N6S2. The predicted molar refractivity (Wildman–Crippen MR) is 85.9 cm³/mol. The summed E-state index contributed by atoms with van der Waals surface area (Å²) in [6, 6.07) is 9.46. The van der Waals surface area contributed by atoms with Crippen molar-refractivity contribution < 1.29 is 0 Å². The lowest BCUT2D eigenvalue weighted by atomic mass is 10.1. The molecule has 0 amide bonds. The number of nitrogens with zero attached hydrogens (tertiary/aromatic N) is 2. The third-order valence-corrected chi connectivity index (χ3v) is 2.18. The minimum Gasteiger partial charge on any atom is -0.375 e. The number of hydrazone groups is 2. The van der Waals surface area contributed by atoms with Crippen molar-refractivity contribution in [1.82, 2.24) is 10.9 Å². The minimum absolute atomic E-state index is 0.0727. The van der Waals surface area contributed by atoms with Crippen LogP contribution in [0.15, 0.2) is 40.5 Å². The molecule has 0 radical (unpaired) electrons. The zero-order chi connectivity index (χ0) is 14.3. The molecule has 0 heterocycles. The van der Waals surface area contributed by atoms with E-state index < -0.39 is 0 Å². The average molecular weight is 294 g/mol. The summed E-state index contributed by atoms with van der Waals surface area (Å²) in [6.07, 6.45) is 0. The van der Waals surface area contributed by atoms with Crippen LogP contribution in [0.4, 0.5) is 0 Å². The lowest BCUT2D eigenvalue weighted by molar-refractivity contribution is 1.02. The molecule has 19 heavy (non-hydrogen) atoms. The van der Waals surface area contributed by atoms with Crippen LogP contribution in [0, 0.1) is 0 Å². The van der Waals surface area contributed by atoms with Gasteiger partial charge in [0.05, 0.1) is 5.71 Å².